The van der Waals surface area contributed by atoms with E-state index >= 15 is 0 Å². The summed E-state index contributed by atoms with van der Waals surface area (Å²) in [6.07, 6.45) is 7.41. The topological polar surface area (TPSA) is 115 Å². The largest absolute Gasteiger partial charge is 0.481 e. The minimum Gasteiger partial charge on any atom is -0.481 e. The van der Waals surface area contributed by atoms with Gasteiger partial charge in [0.15, 0.2) is 0 Å². The van der Waals surface area contributed by atoms with Crippen LogP contribution in [-0.2, 0) is 10.2 Å². The zero-order chi connectivity index (χ0) is 26.8. The summed E-state index contributed by atoms with van der Waals surface area (Å²) in [5, 5.41) is 22.3. The number of ether oxygens (including phenoxy) is 1. The number of amides is 1. The predicted octanol–water partition coefficient (Wildman–Crippen LogP) is 2.91. The maximum atomic E-state index is 13.8. The lowest BCUT2D eigenvalue weighted by atomic mass is 9.80. The number of anilines is 1. The van der Waals surface area contributed by atoms with Gasteiger partial charge in [-0.25, -0.2) is 4.98 Å². The number of carbonyl (C=O) groups is 1. The molecule has 9 heteroatoms. The number of allylic oxidation sites excluding steroid dienone is 1. The van der Waals surface area contributed by atoms with E-state index in [9.17, 15) is 9.90 Å². The molecule has 0 bridgehead atoms. The number of methoxy groups -OCH3 is 1. The number of benzene rings is 1. The fourth-order valence-corrected chi connectivity index (χ4v) is 5.75. The molecule has 1 atom stereocenters. The van der Waals surface area contributed by atoms with E-state index in [-0.39, 0.29) is 24.0 Å². The van der Waals surface area contributed by atoms with Gasteiger partial charge < -0.3 is 30.4 Å². The number of rotatable bonds is 9. The van der Waals surface area contributed by atoms with Crippen molar-refractivity contribution in [2.45, 2.75) is 50.5 Å². The first-order valence-corrected chi connectivity index (χ1v) is 13.5. The minimum absolute atomic E-state index is 0.0111. The Labute approximate surface area is 224 Å². The Morgan fingerprint density at radius 3 is 2.55 bits per heavy atom. The molecule has 0 spiro atoms. The van der Waals surface area contributed by atoms with Gasteiger partial charge in [-0.1, -0.05) is 37.3 Å². The lowest BCUT2D eigenvalue weighted by Crippen LogP contribution is -2.45. The zero-order valence-corrected chi connectivity index (χ0v) is 22.3. The number of aliphatic hydroxyl groups is 1. The van der Waals surface area contributed by atoms with Crippen molar-refractivity contribution in [1.82, 2.24) is 20.2 Å². The molecular formula is C29H38N6O3. The zero-order valence-electron chi connectivity index (χ0n) is 22.3. The van der Waals surface area contributed by atoms with Gasteiger partial charge in [-0.15, -0.1) is 0 Å². The van der Waals surface area contributed by atoms with Gasteiger partial charge in [-0.3, -0.25) is 4.79 Å². The van der Waals surface area contributed by atoms with Crippen LogP contribution in [0.5, 0.6) is 5.88 Å². The molecule has 9 nitrogen and oxygen atoms in total. The number of aliphatic hydroxyl groups excluding tert-OH is 1. The van der Waals surface area contributed by atoms with E-state index in [0.717, 1.165) is 50.0 Å². The lowest BCUT2D eigenvalue weighted by molar-refractivity contribution is -0.125. The number of nitrogens with zero attached hydrogens (tertiary/aromatic N) is 4. The second-order valence-corrected chi connectivity index (χ2v) is 11.1. The molecular weight excluding hydrogens is 480 g/mol. The highest BCUT2D eigenvalue weighted by Crippen LogP contribution is 2.51. The van der Waals surface area contributed by atoms with E-state index in [1.54, 1.807) is 19.4 Å². The SMILES string of the molecule is COc1ccnc(N2CCC(N/C(=C(\C=N)C(=O)N3CCC(CO)(c4ccccc4)C3)C3(C)CC3)CC2)n1. The average Bonchev–Trinajstić information content (AvgIpc) is 3.56. The standard InChI is InChI=1S/C29H38N6O3/c1-28(11-12-28)25(32-22-9-15-34(16-10-22)27-31-14-8-24(33-27)38-2)23(18-30)26(37)35-17-13-29(19-35,20-36)21-6-4-3-5-7-21/h3-8,14,18,22,30,32,36H,9-13,15-17,19-20H2,1-2H3/b25-23+,30-18?. The Balaban J connectivity index is 1.31. The molecule has 0 radical (unpaired) electrons. The van der Waals surface area contributed by atoms with Gasteiger partial charge >= 0.3 is 0 Å². The third kappa shape index (κ3) is 5.12. The third-order valence-corrected chi connectivity index (χ3v) is 8.53. The number of hydrogen-bond donors (Lipinski definition) is 3. The van der Waals surface area contributed by atoms with Crippen LogP contribution in [0.3, 0.4) is 0 Å². The van der Waals surface area contributed by atoms with Crippen LogP contribution in [0.25, 0.3) is 0 Å². The molecule has 3 N–H and O–H groups in total. The molecule has 38 heavy (non-hydrogen) atoms. The molecule has 1 aromatic carbocycles. The van der Waals surface area contributed by atoms with E-state index < -0.39 is 5.41 Å². The molecule has 1 saturated carbocycles. The molecule has 2 aliphatic heterocycles. The van der Waals surface area contributed by atoms with Gasteiger partial charge in [-0.2, -0.15) is 4.98 Å². The number of aromatic nitrogens is 2. The highest BCUT2D eigenvalue weighted by atomic mass is 16.5. The maximum Gasteiger partial charge on any atom is 0.257 e. The van der Waals surface area contributed by atoms with Crippen LogP contribution in [0.2, 0.25) is 0 Å². The molecule has 202 valence electrons. The molecule has 3 fully saturated rings. The van der Waals surface area contributed by atoms with Crippen molar-refractivity contribution in [2.75, 3.05) is 44.8 Å². The second-order valence-electron chi connectivity index (χ2n) is 11.1. The fraction of sp³-hybridized carbons (Fsp3) is 0.517. The first-order chi connectivity index (χ1) is 18.4. The maximum absolute atomic E-state index is 13.8. The summed E-state index contributed by atoms with van der Waals surface area (Å²) in [5.41, 5.74) is 1.83. The summed E-state index contributed by atoms with van der Waals surface area (Å²) in [4.78, 5) is 26.7. The van der Waals surface area contributed by atoms with Gasteiger partial charge in [0.05, 0.1) is 19.3 Å². The van der Waals surface area contributed by atoms with Crippen molar-refractivity contribution in [3.05, 3.63) is 59.4 Å². The fourth-order valence-electron chi connectivity index (χ4n) is 5.75. The van der Waals surface area contributed by atoms with Crippen LogP contribution in [0.4, 0.5) is 5.95 Å². The van der Waals surface area contributed by atoms with Crippen molar-refractivity contribution in [1.29, 1.82) is 5.41 Å². The van der Waals surface area contributed by atoms with Crippen molar-refractivity contribution in [3.8, 4) is 5.88 Å². The Morgan fingerprint density at radius 2 is 1.92 bits per heavy atom. The number of hydrogen-bond acceptors (Lipinski definition) is 8. The quantitative estimate of drug-likeness (QED) is 0.345. The number of carbonyl (C=O) groups excluding carboxylic acids is 1. The van der Waals surface area contributed by atoms with E-state index in [1.165, 1.54) is 6.21 Å². The highest BCUT2D eigenvalue weighted by molar-refractivity contribution is 6.12. The normalized spacial score (nSPS) is 23.6. The minimum atomic E-state index is -0.462. The van der Waals surface area contributed by atoms with Gasteiger partial charge in [0, 0.05) is 67.2 Å². The van der Waals surface area contributed by atoms with Crippen molar-refractivity contribution in [2.24, 2.45) is 5.41 Å². The van der Waals surface area contributed by atoms with Gasteiger partial charge in [-0.05, 0) is 37.7 Å². The van der Waals surface area contributed by atoms with Crippen LogP contribution in [-0.4, -0.2) is 78.0 Å². The van der Waals surface area contributed by atoms with Gasteiger partial charge in [0.2, 0.25) is 11.8 Å². The highest BCUT2D eigenvalue weighted by Gasteiger charge is 2.46. The summed E-state index contributed by atoms with van der Waals surface area (Å²) in [5.74, 6) is 1.10. The summed E-state index contributed by atoms with van der Waals surface area (Å²) in [6.45, 7) is 4.77. The third-order valence-electron chi connectivity index (χ3n) is 8.53. The van der Waals surface area contributed by atoms with Crippen molar-refractivity contribution >= 4 is 18.1 Å². The molecule has 2 saturated heterocycles. The summed E-state index contributed by atoms with van der Waals surface area (Å²) >= 11 is 0. The van der Waals surface area contributed by atoms with E-state index in [0.29, 0.717) is 36.9 Å². The van der Waals surface area contributed by atoms with Crippen LogP contribution in [0.1, 0.15) is 44.6 Å². The van der Waals surface area contributed by atoms with Gasteiger partial charge in [0.1, 0.15) is 0 Å². The molecule has 3 heterocycles. The molecule has 3 aliphatic rings. The Bertz CT molecular complexity index is 1190. The number of likely N-dealkylation sites (tertiary alicyclic amines) is 1. The summed E-state index contributed by atoms with van der Waals surface area (Å²) in [7, 11) is 1.60. The van der Waals surface area contributed by atoms with E-state index in [2.05, 4.69) is 27.1 Å². The molecule has 2 aromatic rings. The Morgan fingerprint density at radius 1 is 1.18 bits per heavy atom. The van der Waals surface area contributed by atoms with Crippen LogP contribution in [0.15, 0.2) is 53.9 Å². The molecule has 1 aliphatic carbocycles. The smallest absolute Gasteiger partial charge is 0.257 e. The molecule has 5 rings (SSSR count). The number of nitrogens with one attached hydrogen (secondary N) is 2. The summed E-state index contributed by atoms with van der Waals surface area (Å²) < 4.78 is 5.24. The molecule has 1 amide bonds. The van der Waals surface area contributed by atoms with Crippen LogP contribution in [0, 0.1) is 10.8 Å². The lowest BCUT2D eigenvalue weighted by Gasteiger charge is -2.35. The van der Waals surface area contributed by atoms with Gasteiger partial charge in [0.25, 0.3) is 5.91 Å². The van der Waals surface area contributed by atoms with E-state index in [4.69, 9.17) is 10.1 Å². The van der Waals surface area contributed by atoms with Crippen LogP contribution < -0.4 is 15.0 Å². The Kier molecular flexibility index (Phi) is 7.38. The predicted molar refractivity (Wildman–Crippen MR) is 147 cm³/mol. The first-order valence-electron chi connectivity index (χ1n) is 13.5. The summed E-state index contributed by atoms with van der Waals surface area (Å²) in [6, 6.07) is 11.9. The monoisotopic (exact) mass is 518 g/mol. The molecule has 1 unspecified atom stereocenters. The van der Waals surface area contributed by atoms with Crippen molar-refractivity contribution in [3.63, 3.8) is 0 Å². The second kappa shape index (κ2) is 10.7. The van der Waals surface area contributed by atoms with Crippen LogP contribution >= 0.6 is 0 Å². The molecule has 1 aromatic heterocycles. The first kappa shape index (κ1) is 26.2. The van der Waals surface area contributed by atoms with E-state index in [1.807, 2.05) is 35.2 Å². The van der Waals surface area contributed by atoms with Crippen molar-refractivity contribution < 1.29 is 14.6 Å². The average molecular weight is 519 g/mol. The number of piperidine rings is 1. The Hall–Kier alpha value is -3.46.